The molecule has 0 aliphatic carbocycles. The van der Waals surface area contributed by atoms with E-state index in [0.717, 1.165) is 12.8 Å². The van der Waals surface area contributed by atoms with Crippen LogP contribution in [-0.2, 0) is 4.74 Å². The van der Waals surface area contributed by atoms with Gasteiger partial charge in [-0.25, -0.2) is 0 Å². The van der Waals surface area contributed by atoms with Crippen molar-refractivity contribution in [3.8, 4) is 5.75 Å². The van der Waals surface area contributed by atoms with Crippen LogP contribution in [0.15, 0.2) is 18.5 Å². The summed E-state index contributed by atoms with van der Waals surface area (Å²) in [5.41, 5.74) is 0.282. The maximum Gasteiger partial charge on any atom is 0.257 e. The van der Waals surface area contributed by atoms with Crippen LogP contribution in [0.25, 0.3) is 0 Å². The maximum atomic E-state index is 12.2. The van der Waals surface area contributed by atoms with Gasteiger partial charge in [0, 0.05) is 19.3 Å². The van der Waals surface area contributed by atoms with E-state index in [-0.39, 0.29) is 29.9 Å². The Morgan fingerprint density at radius 1 is 1.47 bits per heavy atom. The smallest absolute Gasteiger partial charge is 0.257 e. The molecule has 0 radical (unpaired) electrons. The molecule has 0 bridgehead atoms. The minimum absolute atomic E-state index is 0.0179. The van der Waals surface area contributed by atoms with Crippen molar-refractivity contribution in [1.29, 1.82) is 0 Å². The van der Waals surface area contributed by atoms with Crippen LogP contribution in [0.4, 0.5) is 0 Å². The second-order valence-corrected chi connectivity index (χ2v) is 4.48. The van der Waals surface area contributed by atoms with Crippen LogP contribution in [0, 0.1) is 0 Å². The molecule has 1 fully saturated rings. The van der Waals surface area contributed by atoms with Crippen molar-refractivity contribution in [3.63, 3.8) is 0 Å². The first-order valence-corrected chi connectivity index (χ1v) is 6.37. The van der Waals surface area contributed by atoms with E-state index in [1.165, 1.54) is 18.5 Å². The molecule has 0 atom stereocenters. The minimum atomic E-state index is -0.180. The van der Waals surface area contributed by atoms with E-state index in [4.69, 9.17) is 9.84 Å². The number of hydrogen-bond acceptors (Lipinski definition) is 5. The largest absolute Gasteiger partial charge is 0.505 e. The zero-order valence-electron chi connectivity index (χ0n) is 10.7. The van der Waals surface area contributed by atoms with E-state index in [0.29, 0.717) is 19.7 Å². The van der Waals surface area contributed by atoms with Gasteiger partial charge < -0.3 is 19.8 Å². The highest BCUT2D eigenvalue weighted by atomic mass is 16.5. The highest BCUT2D eigenvalue weighted by molar-refractivity contribution is 5.96. The number of aromatic hydroxyl groups is 1. The number of pyridine rings is 1. The lowest BCUT2D eigenvalue weighted by Crippen LogP contribution is -2.41. The van der Waals surface area contributed by atoms with E-state index in [9.17, 15) is 9.90 Å². The molecule has 1 aromatic heterocycles. The van der Waals surface area contributed by atoms with Gasteiger partial charge in [0.25, 0.3) is 5.91 Å². The first-order valence-electron chi connectivity index (χ1n) is 6.37. The maximum absolute atomic E-state index is 12.2. The van der Waals surface area contributed by atoms with Crippen molar-refractivity contribution < 1.29 is 19.7 Å². The summed E-state index contributed by atoms with van der Waals surface area (Å²) >= 11 is 0. The molecule has 19 heavy (non-hydrogen) atoms. The van der Waals surface area contributed by atoms with Crippen molar-refractivity contribution in [3.05, 3.63) is 24.0 Å². The molecule has 0 spiro atoms. The van der Waals surface area contributed by atoms with Crippen LogP contribution in [-0.4, -0.2) is 58.4 Å². The summed E-state index contributed by atoms with van der Waals surface area (Å²) in [5, 5.41) is 18.3. The quantitative estimate of drug-likeness (QED) is 0.824. The van der Waals surface area contributed by atoms with Crippen molar-refractivity contribution >= 4 is 5.91 Å². The number of aliphatic hydroxyl groups is 1. The predicted molar refractivity (Wildman–Crippen MR) is 67.9 cm³/mol. The van der Waals surface area contributed by atoms with Gasteiger partial charge in [-0.1, -0.05) is 0 Å². The van der Waals surface area contributed by atoms with Crippen molar-refractivity contribution in [2.45, 2.75) is 18.9 Å². The van der Waals surface area contributed by atoms with Crippen molar-refractivity contribution in [1.82, 2.24) is 9.88 Å². The lowest BCUT2D eigenvalue weighted by molar-refractivity contribution is -0.00558. The van der Waals surface area contributed by atoms with Gasteiger partial charge >= 0.3 is 0 Å². The van der Waals surface area contributed by atoms with Crippen LogP contribution in [0.5, 0.6) is 5.75 Å². The Hall–Kier alpha value is -1.66. The molecule has 104 valence electrons. The third-order valence-electron chi connectivity index (χ3n) is 3.20. The summed E-state index contributed by atoms with van der Waals surface area (Å²) in [6, 6.07) is 1.52. The fraction of sp³-hybridized carbons (Fsp3) is 0.538. The highest BCUT2D eigenvalue weighted by Gasteiger charge is 2.25. The normalized spacial score (nSPS) is 16.6. The summed E-state index contributed by atoms with van der Waals surface area (Å²) in [4.78, 5) is 17.7. The highest BCUT2D eigenvalue weighted by Crippen LogP contribution is 2.20. The van der Waals surface area contributed by atoms with Crippen LogP contribution in [0.3, 0.4) is 0 Å². The molecule has 2 rings (SSSR count). The Balaban J connectivity index is 1.91. The van der Waals surface area contributed by atoms with Crippen LogP contribution < -0.4 is 0 Å². The lowest BCUT2D eigenvalue weighted by atomic mass is 10.1. The molecule has 1 aliphatic heterocycles. The fourth-order valence-corrected chi connectivity index (χ4v) is 2.18. The number of nitrogens with zero attached hydrogens (tertiary/aromatic N) is 2. The van der Waals surface area contributed by atoms with Crippen LogP contribution in [0.1, 0.15) is 23.2 Å². The summed E-state index contributed by atoms with van der Waals surface area (Å²) in [5.74, 6) is -0.272. The van der Waals surface area contributed by atoms with E-state index in [1.54, 1.807) is 4.90 Å². The number of piperidine rings is 1. The summed E-state index contributed by atoms with van der Waals surface area (Å²) < 4.78 is 5.44. The van der Waals surface area contributed by atoms with Gasteiger partial charge in [0.05, 0.1) is 31.1 Å². The Morgan fingerprint density at radius 3 is 2.84 bits per heavy atom. The van der Waals surface area contributed by atoms with Crippen molar-refractivity contribution in [2.24, 2.45) is 0 Å². The second kappa shape index (κ2) is 6.49. The number of carbonyl (C=O) groups is 1. The Labute approximate surface area is 111 Å². The van der Waals surface area contributed by atoms with E-state index < -0.39 is 0 Å². The molecule has 0 saturated carbocycles. The van der Waals surface area contributed by atoms with E-state index in [2.05, 4.69) is 4.98 Å². The van der Waals surface area contributed by atoms with Gasteiger partial charge in [0.2, 0.25) is 0 Å². The lowest BCUT2D eigenvalue weighted by Gasteiger charge is -2.32. The summed E-state index contributed by atoms with van der Waals surface area (Å²) in [6.45, 7) is 1.54. The van der Waals surface area contributed by atoms with Crippen LogP contribution in [0.2, 0.25) is 0 Å². The summed E-state index contributed by atoms with van der Waals surface area (Å²) in [7, 11) is 0. The number of amides is 1. The molecule has 0 aromatic carbocycles. The molecule has 6 heteroatoms. The Morgan fingerprint density at radius 2 is 2.21 bits per heavy atom. The second-order valence-electron chi connectivity index (χ2n) is 4.48. The molecular weight excluding hydrogens is 248 g/mol. The van der Waals surface area contributed by atoms with Crippen molar-refractivity contribution in [2.75, 3.05) is 26.3 Å². The molecule has 1 saturated heterocycles. The zero-order chi connectivity index (χ0) is 13.7. The SMILES string of the molecule is O=C(c1ccncc1O)N1CCC(OCCO)CC1. The fourth-order valence-electron chi connectivity index (χ4n) is 2.18. The molecule has 6 nitrogen and oxygen atoms in total. The van der Waals surface area contributed by atoms with Gasteiger partial charge in [-0.15, -0.1) is 0 Å². The molecule has 1 aliphatic rings. The van der Waals surface area contributed by atoms with Gasteiger partial charge in [-0.05, 0) is 18.9 Å². The first kappa shape index (κ1) is 13.8. The molecule has 1 amide bonds. The predicted octanol–water partition coefficient (Wildman–Crippen LogP) is 0.401. The number of rotatable bonds is 4. The average molecular weight is 266 g/mol. The Bertz CT molecular complexity index is 430. The zero-order valence-corrected chi connectivity index (χ0v) is 10.7. The van der Waals surface area contributed by atoms with Crippen LogP contribution >= 0.6 is 0 Å². The minimum Gasteiger partial charge on any atom is -0.505 e. The number of likely N-dealkylation sites (tertiary alicyclic amines) is 1. The third-order valence-corrected chi connectivity index (χ3v) is 3.20. The number of ether oxygens (including phenoxy) is 1. The third kappa shape index (κ3) is 3.42. The summed E-state index contributed by atoms with van der Waals surface area (Å²) in [6.07, 6.45) is 4.35. The average Bonchev–Trinajstić information content (AvgIpc) is 2.45. The van der Waals surface area contributed by atoms with Gasteiger partial charge in [-0.2, -0.15) is 0 Å². The van der Waals surface area contributed by atoms with Gasteiger partial charge in [0.1, 0.15) is 5.75 Å². The molecule has 2 N–H and O–H groups in total. The molecule has 2 heterocycles. The molecular formula is C13H18N2O4. The van der Waals surface area contributed by atoms with Gasteiger partial charge in [0.15, 0.2) is 0 Å². The Kier molecular flexibility index (Phi) is 4.70. The number of aromatic nitrogens is 1. The number of hydrogen-bond donors (Lipinski definition) is 2. The monoisotopic (exact) mass is 266 g/mol. The first-order chi connectivity index (χ1) is 9.22. The van der Waals surface area contributed by atoms with E-state index in [1.807, 2.05) is 0 Å². The number of aliphatic hydroxyl groups excluding tert-OH is 1. The van der Waals surface area contributed by atoms with E-state index >= 15 is 0 Å². The topological polar surface area (TPSA) is 82.9 Å². The standard InChI is InChI=1S/C13H18N2O4/c16-7-8-19-10-2-5-15(6-3-10)13(18)11-1-4-14-9-12(11)17/h1,4,9-10,16-17H,2-3,5-8H2. The van der Waals surface area contributed by atoms with Gasteiger partial charge in [-0.3, -0.25) is 9.78 Å². The molecule has 1 aromatic rings. The molecule has 0 unspecified atom stereocenters. The number of carbonyl (C=O) groups excluding carboxylic acids is 1.